The molecule has 31 heavy (non-hydrogen) atoms. The molecule has 6 heteroatoms. The first-order valence-electron chi connectivity index (χ1n) is 10.8. The Labute approximate surface area is 183 Å². The molecular weight excluding hydrogens is 388 g/mol. The third kappa shape index (κ3) is 4.64. The number of H-pyrrole nitrogens is 1. The second-order valence-corrected chi connectivity index (χ2v) is 8.68. The molecule has 0 fully saturated rings. The number of hydrogen-bond acceptors (Lipinski definition) is 3. The van der Waals surface area contributed by atoms with Crippen LogP contribution in [0, 0.1) is 5.92 Å². The minimum absolute atomic E-state index is 0.0969. The highest BCUT2D eigenvalue weighted by atomic mass is 16.2. The molecule has 1 unspecified atom stereocenters. The van der Waals surface area contributed by atoms with Gasteiger partial charge in [-0.2, -0.15) is 0 Å². The van der Waals surface area contributed by atoms with E-state index < -0.39 is 0 Å². The number of aromatic amines is 1. The van der Waals surface area contributed by atoms with Crippen LogP contribution in [0.25, 0.3) is 10.9 Å². The zero-order valence-electron chi connectivity index (χ0n) is 18.4. The summed E-state index contributed by atoms with van der Waals surface area (Å²) in [7, 11) is 4.11. The van der Waals surface area contributed by atoms with Gasteiger partial charge in [0.05, 0.1) is 0 Å². The number of nitrogens with zero attached hydrogens (tertiary/aromatic N) is 2. The van der Waals surface area contributed by atoms with Crippen molar-refractivity contribution in [2.24, 2.45) is 5.92 Å². The zero-order chi connectivity index (χ0) is 22.0. The van der Waals surface area contributed by atoms with Crippen molar-refractivity contribution in [2.75, 3.05) is 37.4 Å². The van der Waals surface area contributed by atoms with Crippen LogP contribution in [0.3, 0.4) is 0 Å². The molecule has 0 bridgehead atoms. The molecule has 0 saturated heterocycles. The van der Waals surface area contributed by atoms with E-state index in [1.54, 1.807) is 0 Å². The monoisotopic (exact) mass is 418 g/mol. The molecule has 2 aromatic carbocycles. The van der Waals surface area contributed by atoms with E-state index in [-0.39, 0.29) is 11.8 Å². The van der Waals surface area contributed by atoms with Crippen molar-refractivity contribution in [3.63, 3.8) is 0 Å². The topological polar surface area (TPSA) is 68.4 Å². The molecule has 0 radical (unpaired) electrons. The van der Waals surface area contributed by atoms with Crippen molar-refractivity contribution >= 4 is 34.1 Å². The fourth-order valence-corrected chi connectivity index (χ4v) is 4.65. The van der Waals surface area contributed by atoms with Crippen LogP contribution < -0.4 is 10.2 Å². The quantitative estimate of drug-likeness (QED) is 0.639. The Balaban J connectivity index is 1.58. The number of carbonyl (C=O) groups is 2. The Kier molecular flexibility index (Phi) is 6.09. The Bertz CT molecular complexity index is 1100. The van der Waals surface area contributed by atoms with Gasteiger partial charge in [-0.05, 0) is 62.2 Å². The van der Waals surface area contributed by atoms with Gasteiger partial charge in [0.2, 0.25) is 11.8 Å². The maximum absolute atomic E-state index is 13.4. The van der Waals surface area contributed by atoms with Crippen LogP contribution in [-0.4, -0.2) is 48.9 Å². The second-order valence-electron chi connectivity index (χ2n) is 8.68. The maximum atomic E-state index is 13.4. The number of aryl methyl sites for hydroxylation is 1. The Morgan fingerprint density at radius 2 is 1.97 bits per heavy atom. The molecule has 0 saturated carbocycles. The van der Waals surface area contributed by atoms with Gasteiger partial charge < -0.3 is 20.1 Å². The average Bonchev–Trinajstić information content (AvgIpc) is 3.14. The number of amides is 2. The molecule has 1 aliphatic rings. The van der Waals surface area contributed by atoms with E-state index in [4.69, 9.17) is 0 Å². The predicted octanol–water partition coefficient (Wildman–Crippen LogP) is 3.83. The van der Waals surface area contributed by atoms with Crippen molar-refractivity contribution in [3.05, 3.63) is 59.8 Å². The fraction of sp³-hybridized carbons (Fsp3) is 0.360. The van der Waals surface area contributed by atoms with Crippen LogP contribution in [0.15, 0.2) is 48.7 Å². The lowest BCUT2D eigenvalue weighted by atomic mass is 9.90. The van der Waals surface area contributed by atoms with Gasteiger partial charge in [0, 0.05) is 54.9 Å². The molecule has 1 atom stereocenters. The lowest BCUT2D eigenvalue weighted by molar-refractivity contribution is -0.119. The molecular formula is C25H30N4O2. The molecule has 1 aromatic heterocycles. The normalized spacial score (nSPS) is 15.9. The summed E-state index contributed by atoms with van der Waals surface area (Å²) < 4.78 is 0. The van der Waals surface area contributed by atoms with Crippen molar-refractivity contribution in [1.82, 2.24) is 9.88 Å². The van der Waals surface area contributed by atoms with Crippen LogP contribution in [-0.2, 0) is 22.4 Å². The highest BCUT2D eigenvalue weighted by molar-refractivity contribution is 5.98. The largest absolute Gasteiger partial charge is 0.361 e. The van der Waals surface area contributed by atoms with Crippen molar-refractivity contribution in [3.8, 4) is 0 Å². The van der Waals surface area contributed by atoms with E-state index in [2.05, 4.69) is 41.4 Å². The number of anilines is 2. The van der Waals surface area contributed by atoms with Gasteiger partial charge in [-0.1, -0.05) is 24.3 Å². The molecule has 3 aromatic rings. The first-order valence-corrected chi connectivity index (χ1v) is 10.8. The van der Waals surface area contributed by atoms with Crippen molar-refractivity contribution < 1.29 is 9.59 Å². The highest BCUT2D eigenvalue weighted by Gasteiger charge is 2.30. The number of nitrogens with one attached hydrogen (secondary N) is 2. The number of hydrogen-bond donors (Lipinski definition) is 2. The third-order valence-electron chi connectivity index (χ3n) is 5.89. The van der Waals surface area contributed by atoms with Gasteiger partial charge in [0.1, 0.15) is 0 Å². The minimum Gasteiger partial charge on any atom is -0.361 e. The SMILES string of the molecule is CC(=O)Nc1cccc2c1CC(CN(C)C)CN2C(=O)CCc1c[nH]c2ccccc12. The van der Waals surface area contributed by atoms with E-state index >= 15 is 0 Å². The van der Waals surface area contributed by atoms with Gasteiger partial charge in [0.25, 0.3) is 0 Å². The van der Waals surface area contributed by atoms with Gasteiger partial charge in [0.15, 0.2) is 0 Å². The summed E-state index contributed by atoms with van der Waals surface area (Å²) in [5.74, 6) is 0.338. The van der Waals surface area contributed by atoms with Crippen molar-refractivity contribution in [2.45, 2.75) is 26.2 Å². The maximum Gasteiger partial charge on any atom is 0.227 e. The number of benzene rings is 2. The van der Waals surface area contributed by atoms with E-state index in [0.717, 1.165) is 41.0 Å². The summed E-state index contributed by atoms with van der Waals surface area (Å²) in [6, 6.07) is 14.0. The molecule has 0 spiro atoms. The standard InChI is InChI=1S/C25H30N4O2/c1-17(30)27-23-9-6-10-24-21(23)13-18(15-28(2)3)16-29(24)25(31)12-11-19-14-26-22-8-5-4-7-20(19)22/h4-10,14,18,26H,11-13,15-16H2,1-3H3,(H,27,30). The Morgan fingerprint density at radius 3 is 2.74 bits per heavy atom. The molecule has 2 amide bonds. The molecule has 0 aliphatic carbocycles. The predicted molar refractivity (Wildman–Crippen MR) is 125 cm³/mol. The number of para-hydroxylation sites is 1. The summed E-state index contributed by atoms with van der Waals surface area (Å²) in [5, 5.41) is 4.12. The fourth-order valence-electron chi connectivity index (χ4n) is 4.65. The first kappa shape index (κ1) is 21.1. The number of carbonyl (C=O) groups excluding carboxylic acids is 2. The first-order chi connectivity index (χ1) is 14.9. The smallest absolute Gasteiger partial charge is 0.227 e. The molecule has 2 N–H and O–H groups in total. The molecule has 6 nitrogen and oxygen atoms in total. The zero-order valence-corrected chi connectivity index (χ0v) is 18.4. The summed E-state index contributed by atoms with van der Waals surface area (Å²) in [6.45, 7) is 3.10. The van der Waals surface area contributed by atoms with Crippen LogP contribution >= 0.6 is 0 Å². The molecule has 4 rings (SSSR count). The average molecular weight is 419 g/mol. The van der Waals surface area contributed by atoms with E-state index in [0.29, 0.717) is 25.3 Å². The van der Waals surface area contributed by atoms with E-state index in [9.17, 15) is 9.59 Å². The van der Waals surface area contributed by atoms with E-state index in [1.807, 2.05) is 41.4 Å². The molecule has 162 valence electrons. The van der Waals surface area contributed by atoms with Crippen LogP contribution in [0.2, 0.25) is 0 Å². The van der Waals surface area contributed by atoms with Gasteiger partial charge in [-0.3, -0.25) is 9.59 Å². The highest BCUT2D eigenvalue weighted by Crippen LogP contribution is 2.36. The number of fused-ring (bicyclic) bond motifs is 2. The van der Waals surface area contributed by atoms with Crippen LogP contribution in [0.1, 0.15) is 24.5 Å². The summed E-state index contributed by atoms with van der Waals surface area (Å²) >= 11 is 0. The Morgan fingerprint density at radius 1 is 1.16 bits per heavy atom. The van der Waals surface area contributed by atoms with Crippen LogP contribution in [0.4, 0.5) is 11.4 Å². The summed E-state index contributed by atoms with van der Waals surface area (Å²) in [5.41, 5.74) is 5.04. The Hall–Kier alpha value is -3.12. The van der Waals surface area contributed by atoms with Gasteiger partial charge in [-0.25, -0.2) is 0 Å². The minimum atomic E-state index is -0.0969. The molecule has 1 aliphatic heterocycles. The number of rotatable bonds is 6. The summed E-state index contributed by atoms with van der Waals surface area (Å²) in [6.07, 6.45) is 3.99. The molecule has 2 heterocycles. The summed E-state index contributed by atoms with van der Waals surface area (Å²) in [4.78, 5) is 32.5. The van der Waals surface area contributed by atoms with Crippen LogP contribution in [0.5, 0.6) is 0 Å². The van der Waals surface area contributed by atoms with E-state index in [1.165, 1.54) is 12.3 Å². The van der Waals surface area contributed by atoms with Gasteiger partial charge in [-0.15, -0.1) is 0 Å². The number of aromatic nitrogens is 1. The third-order valence-corrected chi connectivity index (χ3v) is 5.89. The lowest BCUT2D eigenvalue weighted by Gasteiger charge is -2.37. The van der Waals surface area contributed by atoms with Gasteiger partial charge >= 0.3 is 0 Å². The van der Waals surface area contributed by atoms with Crippen molar-refractivity contribution in [1.29, 1.82) is 0 Å². The lowest BCUT2D eigenvalue weighted by Crippen LogP contribution is -2.43. The second kappa shape index (κ2) is 8.94.